The summed E-state index contributed by atoms with van der Waals surface area (Å²) in [7, 11) is 0. The number of fused-ring (bicyclic) bond motifs is 1. The van der Waals surface area contributed by atoms with Crippen LogP contribution in [0.3, 0.4) is 0 Å². The van der Waals surface area contributed by atoms with Gasteiger partial charge in [0.1, 0.15) is 0 Å². The van der Waals surface area contributed by atoms with E-state index < -0.39 is 0 Å². The van der Waals surface area contributed by atoms with E-state index in [1.165, 1.54) is 21.2 Å². The number of nitrogens with one attached hydrogen (secondary N) is 1. The summed E-state index contributed by atoms with van der Waals surface area (Å²) >= 11 is 1.83. The molecule has 1 atom stereocenters. The first-order valence-corrected chi connectivity index (χ1v) is 8.27. The first-order chi connectivity index (χ1) is 10.3. The summed E-state index contributed by atoms with van der Waals surface area (Å²) in [5.74, 6) is 0. The molecule has 3 rings (SSSR count). The number of thiophene rings is 1. The van der Waals surface area contributed by atoms with E-state index >= 15 is 0 Å². The molecule has 0 amide bonds. The molecule has 108 valence electrons. The highest BCUT2D eigenvalue weighted by molar-refractivity contribution is 7.17. The van der Waals surface area contributed by atoms with Crippen LogP contribution in [-0.2, 0) is 6.42 Å². The van der Waals surface area contributed by atoms with Gasteiger partial charge >= 0.3 is 0 Å². The largest absolute Gasteiger partial charge is 0.310 e. The molecule has 21 heavy (non-hydrogen) atoms. The number of pyridine rings is 1. The Labute approximate surface area is 129 Å². The Morgan fingerprint density at radius 1 is 1.19 bits per heavy atom. The van der Waals surface area contributed by atoms with E-state index in [-0.39, 0.29) is 0 Å². The minimum absolute atomic E-state index is 0.320. The quantitative estimate of drug-likeness (QED) is 0.750. The predicted molar refractivity (Wildman–Crippen MR) is 90.9 cm³/mol. The van der Waals surface area contributed by atoms with Gasteiger partial charge in [-0.1, -0.05) is 31.2 Å². The Morgan fingerprint density at radius 3 is 2.81 bits per heavy atom. The molecular weight excluding hydrogens is 276 g/mol. The van der Waals surface area contributed by atoms with Crippen LogP contribution in [0.5, 0.6) is 0 Å². The zero-order valence-electron chi connectivity index (χ0n) is 12.5. The van der Waals surface area contributed by atoms with E-state index in [0.717, 1.165) is 18.7 Å². The molecule has 2 nitrogen and oxygen atoms in total. The van der Waals surface area contributed by atoms with Crippen molar-refractivity contribution in [3.8, 4) is 0 Å². The van der Waals surface area contributed by atoms with E-state index in [2.05, 4.69) is 59.0 Å². The Kier molecular flexibility index (Phi) is 4.32. The van der Waals surface area contributed by atoms with Gasteiger partial charge in [0.25, 0.3) is 0 Å². The second-order valence-corrected chi connectivity index (χ2v) is 6.22. The number of aromatic nitrogens is 1. The van der Waals surface area contributed by atoms with Gasteiger partial charge < -0.3 is 5.32 Å². The molecule has 0 radical (unpaired) electrons. The standard InChI is InChI=1S/C18H20N2S/c1-3-19-17(14-9-8-13(2)20-11-14)10-15-12-21-18-7-5-4-6-16(15)18/h4-9,11-12,17,19H,3,10H2,1-2H3. The predicted octanol–water partition coefficient (Wildman–Crippen LogP) is 4.50. The molecule has 3 aromatic rings. The Hall–Kier alpha value is -1.71. The fourth-order valence-electron chi connectivity index (χ4n) is 2.65. The van der Waals surface area contributed by atoms with Crippen molar-refractivity contribution >= 4 is 21.4 Å². The summed E-state index contributed by atoms with van der Waals surface area (Å²) in [6, 6.07) is 13.2. The highest BCUT2D eigenvalue weighted by Gasteiger charge is 2.14. The van der Waals surface area contributed by atoms with Crippen LogP contribution in [-0.4, -0.2) is 11.5 Å². The highest BCUT2D eigenvalue weighted by Crippen LogP contribution is 2.29. The molecule has 0 aliphatic rings. The van der Waals surface area contributed by atoms with Gasteiger partial charge in [-0.05, 0) is 53.9 Å². The van der Waals surface area contributed by atoms with Gasteiger partial charge in [-0.15, -0.1) is 11.3 Å². The average Bonchev–Trinajstić information content (AvgIpc) is 2.91. The summed E-state index contributed by atoms with van der Waals surface area (Å²) in [5.41, 5.74) is 3.75. The minimum atomic E-state index is 0.320. The van der Waals surface area contributed by atoms with Gasteiger partial charge in [-0.2, -0.15) is 0 Å². The molecule has 2 aromatic heterocycles. The maximum atomic E-state index is 4.44. The van der Waals surface area contributed by atoms with Crippen molar-refractivity contribution in [2.24, 2.45) is 0 Å². The Bertz CT molecular complexity index is 715. The smallest absolute Gasteiger partial charge is 0.0376 e. The molecule has 0 aliphatic carbocycles. The van der Waals surface area contributed by atoms with Crippen LogP contribution >= 0.6 is 11.3 Å². The summed E-state index contributed by atoms with van der Waals surface area (Å²) in [5, 5.41) is 7.25. The number of hydrogen-bond donors (Lipinski definition) is 1. The molecule has 0 spiro atoms. The summed E-state index contributed by atoms with van der Waals surface area (Å²) in [4.78, 5) is 4.44. The molecule has 0 saturated heterocycles. The third-order valence-electron chi connectivity index (χ3n) is 3.77. The number of likely N-dealkylation sites (N-methyl/N-ethyl adjacent to an activating group) is 1. The van der Waals surface area contributed by atoms with Gasteiger partial charge in [0.15, 0.2) is 0 Å². The first kappa shape index (κ1) is 14.2. The zero-order valence-corrected chi connectivity index (χ0v) is 13.3. The van der Waals surface area contributed by atoms with Crippen molar-refractivity contribution in [1.82, 2.24) is 10.3 Å². The van der Waals surface area contributed by atoms with Crippen molar-refractivity contribution in [3.05, 3.63) is 64.8 Å². The summed E-state index contributed by atoms with van der Waals surface area (Å²) in [6.07, 6.45) is 3.00. The molecule has 1 aromatic carbocycles. The minimum Gasteiger partial charge on any atom is -0.310 e. The van der Waals surface area contributed by atoms with Crippen LogP contribution in [0.15, 0.2) is 48.0 Å². The molecule has 1 unspecified atom stereocenters. The van der Waals surface area contributed by atoms with Crippen LogP contribution in [0.1, 0.15) is 29.8 Å². The summed E-state index contributed by atoms with van der Waals surface area (Å²) < 4.78 is 1.37. The molecule has 0 aliphatic heterocycles. The van der Waals surface area contributed by atoms with Crippen molar-refractivity contribution in [2.75, 3.05) is 6.54 Å². The monoisotopic (exact) mass is 296 g/mol. The van der Waals surface area contributed by atoms with Gasteiger partial charge in [-0.25, -0.2) is 0 Å². The van der Waals surface area contributed by atoms with Gasteiger partial charge in [0.05, 0.1) is 0 Å². The third kappa shape index (κ3) is 3.14. The maximum absolute atomic E-state index is 4.44. The van der Waals surface area contributed by atoms with E-state index in [1.807, 2.05) is 24.5 Å². The van der Waals surface area contributed by atoms with Crippen LogP contribution < -0.4 is 5.32 Å². The second kappa shape index (κ2) is 6.37. The molecule has 0 fully saturated rings. The van der Waals surface area contributed by atoms with Crippen LogP contribution in [0.2, 0.25) is 0 Å². The van der Waals surface area contributed by atoms with Gasteiger partial charge in [0.2, 0.25) is 0 Å². The van der Waals surface area contributed by atoms with E-state index in [4.69, 9.17) is 0 Å². The van der Waals surface area contributed by atoms with Crippen molar-refractivity contribution in [1.29, 1.82) is 0 Å². The number of hydrogen-bond acceptors (Lipinski definition) is 3. The lowest BCUT2D eigenvalue weighted by molar-refractivity contribution is 0.550. The normalized spacial score (nSPS) is 12.7. The van der Waals surface area contributed by atoms with Crippen LogP contribution in [0.4, 0.5) is 0 Å². The molecule has 1 N–H and O–H groups in total. The topological polar surface area (TPSA) is 24.9 Å². The number of aryl methyl sites for hydroxylation is 1. The Morgan fingerprint density at radius 2 is 2.05 bits per heavy atom. The number of benzene rings is 1. The lowest BCUT2D eigenvalue weighted by atomic mass is 9.99. The van der Waals surface area contributed by atoms with Gasteiger partial charge in [0, 0.05) is 22.6 Å². The molecule has 0 saturated carbocycles. The third-order valence-corrected chi connectivity index (χ3v) is 4.78. The van der Waals surface area contributed by atoms with E-state index in [9.17, 15) is 0 Å². The molecule has 0 bridgehead atoms. The Balaban J connectivity index is 1.89. The van der Waals surface area contributed by atoms with Crippen LogP contribution in [0.25, 0.3) is 10.1 Å². The number of rotatable bonds is 5. The van der Waals surface area contributed by atoms with Crippen molar-refractivity contribution in [3.63, 3.8) is 0 Å². The lowest BCUT2D eigenvalue weighted by Crippen LogP contribution is -2.23. The number of nitrogens with zero attached hydrogens (tertiary/aromatic N) is 1. The highest BCUT2D eigenvalue weighted by atomic mass is 32.1. The van der Waals surface area contributed by atoms with Crippen LogP contribution in [0, 0.1) is 6.92 Å². The van der Waals surface area contributed by atoms with Crippen molar-refractivity contribution < 1.29 is 0 Å². The van der Waals surface area contributed by atoms with Crippen molar-refractivity contribution in [2.45, 2.75) is 26.3 Å². The molecule has 2 heterocycles. The second-order valence-electron chi connectivity index (χ2n) is 5.30. The summed E-state index contributed by atoms with van der Waals surface area (Å²) in [6.45, 7) is 5.14. The molecular formula is C18H20N2S. The maximum Gasteiger partial charge on any atom is 0.0376 e. The average molecular weight is 296 g/mol. The zero-order chi connectivity index (χ0) is 14.7. The first-order valence-electron chi connectivity index (χ1n) is 7.39. The molecule has 3 heteroatoms. The fourth-order valence-corrected chi connectivity index (χ4v) is 3.63. The van der Waals surface area contributed by atoms with E-state index in [1.54, 1.807) is 0 Å². The fraction of sp³-hybridized carbons (Fsp3) is 0.278. The lowest BCUT2D eigenvalue weighted by Gasteiger charge is -2.18. The van der Waals surface area contributed by atoms with Gasteiger partial charge in [-0.3, -0.25) is 4.98 Å². The SMILES string of the molecule is CCNC(Cc1csc2ccccc12)c1ccc(C)nc1. The van der Waals surface area contributed by atoms with E-state index in [0.29, 0.717) is 6.04 Å².